The van der Waals surface area contributed by atoms with E-state index in [0.29, 0.717) is 0 Å². The summed E-state index contributed by atoms with van der Waals surface area (Å²) in [6, 6.07) is 175. The number of rotatable bonds is 15. The fourth-order valence-corrected chi connectivity index (χ4v) is 20.7. The van der Waals surface area contributed by atoms with Gasteiger partial charge in [0.1, 0.15) is 69.0 Å². The van der Waals surface area contributed by atoms with Crippen LogP contribution in [0.1, 0.15) is 11.1 Å². The molecule has 6 aliphatic rings. The number of aryl methyl sites for hydroxylation is 2. The average molecular weight is 1800 g/mol. The van der Waals surface area contributed by atoms with E-state index in [1.807, 2.05) is 60.7 Å². The second kappa shape index (κ2) is 36.0. The van der Waals surface area contributed by atoms with Crippen molar-refractivity contribution in [3.05, 3.63) is 509 Å². The molecule has 0 aliphatic carbocycles. The van der Waals surface area contributed by atoms with E-state index in [2.05, 4.69) is 465 Å². The fraction of sp³-hybridized carbons (Fsp3) is 0.0156. The van der Waals surface area contributed by atoms with Gasteiger partial charge in [0.05, 0.1) is 5.69 Å². The summed E-state index contributed by atoms with van der Waals surface area (Å²) < 4.78 is 40.7. The molecule has 0 aromatic heterocycles. The highest BCUT2D eigenvalue weighted by Crippen LogP contribution is 2.49. The molecule has 21 aromatic carbocycles. The molecule has 0 amide bonds. The van der Waals surface area contributed by atoms with Crippen molar-refractivity contribution >= 4 is 120 Å². The second-order valence-electron chi connectivity index (χ2n) is 36.2. The van der Waals surface area contributed by atoms with Crippen LogP contribution in [0.2, 0.25) is 0 Å². The summed E-state index contributed by atoms with van der Waals surface area (Å²) >= 11 is 0. The van der Waals surface area contributed by atoms with Crippen LogP contribution < -0.4 is 92.3 Å². The van der Waals surface area contributed by atoms with Gasteiger partial charge in [-0.2, -0.15) is 0 Å². The summed E-state index contributed by atoms with van der Waals surface area (Å²) in [5.74, 6) is 10.2. The smallest absolute Gasteiger partial charge is 0.260 e. The molecule has 140 heavy (non-hydrogen) atoms. The average Bonchev–Trinajstić information content (AvgIpc) is 0.725. The lowest BCUT2D eigenvalue weighted by molar-refractivity contribution is 0.464. The van der Waals surface area contributed by atoms with Gasteiger partial charge in [-0.3, -0.25) is 0 Å². The third kappa shape index (κ3) is 15.8. The number of para-hydroxylation sites is 7. The first-order valence-corrected chi connectivity index (χ1v) is 47.7. The van der Waals surface area contributed by atoms with Crippen LogP contribution in [0.5, 0.6) is 69.0 Å². The van der Waals surface area contributed by atoms with Crippen molar-refractivity contribution in [2.75, 3.05) is 14.7 Å². The van der Waals surface area contributed by atoms with Gasteiger partial charge in [-0.25, -0.2) is 0 Å². The zero-order valence-electron chi connectivity index (χ0n) is 76.9. The number of hydrogen-bond donors (Lipinski definition) is 0. The van der Waals surface area contributed by atoms with E-state index in [1.54, 1.807) is 0 Å². The molecule has 12 heteroatoms. The van der Waals surface area contributed by atoms with Crippen LogP contribution in [-0.4, -0.2) is 20.1 Å². The van der Waals surface area contributed by atoms with E-state index in [4.69, 9.17) is 28.4 Å². The van der Waals surface area contributed by atoms with E-state index in [0.717, 1.165) is 225 Å². The lowest BCUT2D eigenvalue weighted by Gasteiger charge is -2.35. The second-order valence-corrected chi connectivity index (χ2v) is 36.2. The standard InChI is InChI=1S/C48H33BN2O2.C42H28BNO2.C38H27BO2/c1-5-15-36(16-6-1)50(37-17-7-2-8-18-37)40-27-25-34(26-28-40)35-31-46-48-47(32-35)53-45-33-41(29-30-43(45)49(48)42-23-13-14-24-44(42)52-46)51(38-19-9-3-10-20-38)39-21-11-4-12-22-39;1-5-13-29(14-6-1)31-21-23-36-38(25-31)45-40-27-35(44(33-17-9-3-10-18-33)34-19-11-4-12-20-34)28-41-42(40)43(36)37-24-22-32(26-39(37)46-41)30-15-7-2-8-16-30;1-24-8-12-27(13-9-24)29-16-18-32-34(20-29)40-36-22-31(26-6-4-3-5-7-26)23-37-38(36)39(32)33-19-17-30(21-35(33)41-37)28-14-10-25(2)11-15-28/h1-33H;1-28H;3-23H,1-2H3. The topological polar surface area (TPSA) is 65.1 Å². The van der Waals surface area contributed by atoms with Crippen molar-refractivity contribution in [2.45, 2.75) is 13.8 Å². The first kappa shape index (κ1) is 83.8. The molecule has 0 spiro atoms. The zero-order valence-corrected chi connectivity index (χ0v) is 76.9. The summed E-state index contributed by atoms with van der Waals surface area (Å²) in [6.45, 7) is 4.21. The Morgan fingerprint density at radius 3 is 0.657 bits per heavy atom. The highest BCUT2D eigenvalue weighted by atomic mass is 16.5. The van der Waals surface area contributed by atoms with Crippen molar-refractivity contribution in [1.29, 1.82) is 0 Å². The summed E-state index contributed by atoms with van der Waals surface area (Å²) in [5.41, 5.74) is 35.7. The minimum Gasteiger partial charge on any atom is -0.458 e. The predicted molar refractivity (Wildman–Crippen MR) is 579 cm³/mol. The summed E-state index contributed by atoms with van der Waals surface area (Å²) in [4.78, 5) is 6.80. The molecule has 0 saturated heterocycles. The maximum Gasteiger partial charge on any atom is 0.260 e. The molecule has 27 rings (SSSR count). The molecule has 0 fully saturated rings. The lowest BCUT2D eigenvalue weighted by Crippen LogP contribution is -2.57. The highest BCUT2D eigenvalue weighted by Gasteiger charge is 2.45. The number of nitrogens with zero attached hydrogens (tertiary/aromatic N) is 3. The Balaban J connectivity index is 0.000000112. The van der Waals surface area contributed by atoms with E-state index < -0.39 is 0 Å². The first-order valence-electron chi connectivity index (χ1n) is 47.7. The molecule has 9 nitrogen and oxygen atoms in total. The SMILES string of the molecule is Cc1ccc(-c2ccc3c(c2)Oc2cc(-c4ccccc4)cc4c2B3c2ccc(-c3ccc(C)cc3)cc2O4)cc1.c1ccc(-c2ccc3c(c2)Oc2cc(N(c4ccccc4)c4ccccc4)cc4c2B3c2ccc(-c3ccccc3)cc2O4)cc1.c1ccc(N(c2ccccc2)c2ccc(-c3cc4c5c(c3)Oc3cc(N(c6ccccc6)c6ccccc6)ccc3B5c3ccccc3O4)cc2)cc1. The first-order chi connectivity index (χ1) is 69.2. The Morgan fingerprint density at radius 2 is 0.329 bits per heavy atom. The summed E-state index contributed by atoms with van der Waals surface area (Å²) in [7, 11) is 0. The Hall–Kier alpha value is -18.0. The van der Waals surface area contributed by atoms with Crippen molar-refractivity contribution in [1.82, 2.24) is 0 Å². The van der Waals surface area contributed by atoms with Crippen molar-refractivity contribution in [3.8, 4) is 136 Å². The lowest BCUT2D eigenvalue weighted by atomic mass is 9.34. The van der Waals surface area contributed by atoms with Gasteiger partial charge in [-0.05, 0) is 259 Å². The van der Waals surface area contributed by atoms with E-state index >= 15 is 0 Å². The van der Waals surface area contributed by atoms with Crippen molar-refractivity contribution in [2.24, 2.45) is 0 Å². The molecule has 0 atom stereocenters. The van der Waals surface area contributed by atoms with E-state index in [-0.39, 0.29) is 20.1 Å². The molecular formula is C128H88B3N3O6. The Labute approximate surface area is 816 Å². The minimum absolute atomic E-state index is 0.0219. The third-order valence-electron chi connectivity index (χ3n) is 27.5. The fourth-order valence-electron chi connectivity index (χ4n) is 20.7. The Morgan fingerprint density at radius 1 is 0.136 bits per heavy atom. The van der Waals surface area contributed by atoms with Crippen LogP contribution in [0, 0.1) is 13.8 Å². The van der Waals surface area contributed by atoms with Gasteiger partial charge in [0, 0.05) is 80.1 Å². The van der Waals surface area contributed by atoms with Crippen LogP contribution in [0.25, 0.3) is 66.8 Å². The number of fused-ring (bicyclic) bond motifs is 12. The molecule has 0 N–H and O–H groups in total. The number of ether oxygens (including phenoxy) is 6. The molecular weight excluding hydrogens is 1710 g/mol. The third-order valence-corrected chi connectivity index (χ3v) is 27.5. The van der Waals surface area contributed by atoms with Crippen LogP contribution in [0.4, 0.5) is 51.2 Å². The number of hydrogen-bond acceptors (Lipinski definition) is 9. The predicted octanol–water partition coefficient (Wildman–Crippen LogP) is 28.3. The number of benzene rings is 21. The van der Waals surface area contributed by atoms with Gasteiger partial charge in [-0.1, -0.05) is 345 Å². The van der Waals surface area contributed by atoms with Gasteiger partial charge in [0.25, 0.3) is 20.1 Å². The molecule has 6 heterocycles. The Kier molecular flexibility index (Phi) is 21.6. The van der Waals surface area contributed by atoms with Crippen LogP contribution >= 0.6 is 0 Å². The normalized spacial score (nSPS) is 12.2. The van der Waals surface area contributed by atoms with Gasteiger partial charge in [0.2, 0.25) is 0 Å². The van der Waals surface area contributed by atoms with E-state index in [9.17, 15) is 0 Å². The molecule has 0 saturated carbocycles. The molecule has 660 valence electrons. The molecule has 6 aliphatic heterocycles. The van der Waals surface area contributed by atoms with Crippen LogP contribution in [0.3, 0.4) is 0 Å². The maximum absolute atomic E-state index is 6.93. The Bertz CT molecular complexity index is 7890. The monoisotopic (exact) mass is 1800 g/mol. The molecule has 21 aromatic rings. The molecule has 0 bridgehead atoms. The number of anilines is 9. The largest absolute Gasteiger partial charge is 0.458 e. The van der Waals surface area contributed by atoms with Crippen LogP contribution in [-0.2, 0) is 0 Å². The van der Waals surface area contributed by atoms with Gasteiger partial charge in [0.15, 0.2) is 0 Å². The van der Waals surface area contributed by atoms with Gasteiger partial charge >= 0.3 is 0 Å². The zero-order chi connectivity index (χ0) is 93.1. The van der Waals surface area contributed by atoms with E-state index in [1.165, 1.54) is 22.3 Å². The molecule has 0 radical (unpaired) electrons. The maximum atomic E-state index is 6.93. The van der Waals surface area contributed by atoms with Crippen LogP contribution in [0.15, 0.2) is 497 Å². The minimum atomic E-state index is -0.0249. The van der Waals surface area contributed by atoms with Crippen molar-refractivity contribution in [3.63, 3.8) is 0 Å². The highest BCUT2D eigenvalue weighted by molar-refractivity contribution is 6.99. The summed E-state index contributed by atoms with van der Waals surface area (Å²) in [5, 5.41) is 0. The van der Waals surface area contributed by atoms with Gasteiger partial charge in [-0.15, -0.1) is 0 Å². The summed E-state index contributed by atoms with van der Waals surface area (Å²) in [6.07, 6.45) is 0. The molecule has 0 unspecified atom stereocenters. The van der Waals surface area contributed by atoms with Gasteiger partial charge < -0.3 is 43.1 Å². The van der Waals surface area contributed by atoms with Crippen molar-refractivity contribution < 1.29 is 28.4 Å². The quantitative estimate of drug-likeness (QED) is 0.0934.